The molecule has 1 saturated heterocycles. The van der Waals surface area contributed by atoms with Gasteiger partial charge in [0.25, 0.3) is 5.91 Å². The van der Waals surface area contributed by atoms with Crippen LogP contribution in [-0.4, -0.2) is 56.1 Å². The Morgan fingerprint density at radius 3 is 1.92 bits per heavy atom. The third-order valence-corrected chi connectivity index (χ3v) is 5.50. The van der Waals surface area contributed by atoms with E-state index < -0.39 is 36.3 Å². The van der Waals surface area contributed by atoms with Gasteiger partial charge in [-0.05, 0) is 61.4 Å². The van der Waals surface area contributed by atoms with Crippen LogP contribution in [0.1, 0.15) is 53.8 Å². The second-order valence-electron chi connectivity index (χ2n) is 8.46. The van der Waals surface area contributed by atoms with Crippen molar-refractivity contribution in [3.05, 3.63) is 59.7 Å². The number of carbonyl (C=O) groups is 5. The zero-order valence-corrected chi connectivity index (χ0v) is 20.9. The van der Waals surface area contributed by atoms with Gasteiger partial charge in [0.1, 0.15) is 0 Å². The second-order valence-corrected chi connectivity index (χ2v) is 8.46. The second kappa shape index (κ2) is 13.2. The molecule has 2 amide bonds. The first-order valence-corrected chi connectivity index (χ1v) is 12.1. The molecule has 10 nitrogen and oxygen atoms in total. The molecule has 0 unspecified atom stereocenters. The lowest BCUT2D eigenvalue weighted by molar-refractivity contribution is -0.151. The van der Waals surface area contributed by atoms with Crippen LogP contribution >= 0.6 is 0 Å². The number of rotatable bonds is 11. The number of nitrogens with zero attached hydrogens (tertiary/aromatic N) is 1. The maximum atomic E-state index is 12.5. The van der Waals surface area contributed by atoms with Gasteiger partial charge in [-0.2, -0.15) is 0 Å². The molecule has 1 aliphatic rings. The average molecular weight is 511 g/mol. The minimum Gasteiger partial charge on any atom is -0.462 e. The molecular weight excluding hydrogens is 480 g/mol. The van der Waals surface area contributed by atoms with E-state index in [-0.39, 0.29) is 18.9 Å². The summed E-state index contributed by atoms with van der Waals surface area (Å²) in [7, 11) is 0. The number of ether oxygens (including phenoxy) is 3. The van der Waals surface area contributed by atoms with Gasteiger partial charge in [-0.3, -0.25) is 14.4 Å². The van der Waals surface area contributed by atoms with Crippen molar-refractivity contribution in [1.82, 2.24) is 0 Å². The monoisotopic (exact) mass is 510 g/mol. The summed E-state index contributed by atoms with van der Waals surface area (Å²) in [6.07, 6.45) is 1.39. The fourth-order valence-electron chi connectivity index (χ4n) is 3.59. The Morgan fingerprint density at radius 1 is 0.838 bits per heavy atom. The van der Waals surface area contributed by atoms with Gasteiger partial charge in [0.2, 0.25) is 5.91 Å². The van der Waals surface area contributed by atoms with Gasteiger partial charge in [-0.25, -0.2) is 9.59 Å². The van der Waals surface area contributed by atoms with E-state index in [2.05, 4.69) is 5.32 Å². The number of benzene rings is 2. The Hall–Kier alpha value is -4.21. The highest BCUT2D eigenvalue weighted by Crippen LogP contribution is 2.26. The molecule has 1 atom stereocenters. The van der Waals surface area contributed by atoms with Crippen LogP contribution in [-0.2, 0) is 28.6 Å². The van der Waals surface area contributed by atoms with Crippen molar-refractivity contribution in [2.75, 3.05) is 36.6 Å². The third-order valence-electron chi connectivity index (χ3n) is 5.50. The number of esters is 3. The smallest absolute Gasteiger partial charge is 0.338 e. The van der Waals surface area contributed by atoms with E-state index in [0.29, 0.717) is 35.7 Å². The summed E-state index contributed by atoms with van der Waals surface area (Å²) in [5.41, 5.74) is 1.71. The normalized spacial score (nSPS) is 14.7. The number of anilines is 2. The molecule has 1 heterocycles. The van der Waals surface area contributed by atoms with Crippen molar-refractivity contribution in [1.29, 1.82) is 0 Å². The molecule has 0 radical (unpaired) electrons. The van der Waals surface area contributed by atoms with Crippen molar-refractivity contribution in [3.8, 4) is 0 Å². The van der Waals surface area contributed by atoms with E-state index in [9.17, 15) is 24.0 Å². The largest absolute Gasteiger partial charge is 0.462 e. The lowest BCUT2D eigenvalue weighted by atomic mass is 10.1. The summed E-state index contributed by atoms with van der Waals surface area (Å²) in [5.74, 6) is -3.07. The van der Waals surface area contributed by atoms with Crippen LogP contribution in [0.25, 0.3) is 0 Å². The highest BCUT2D eigenvalue weighted by atomic mass is 16.5. The van der Waals surface area contributed by atoms with Gasteiger partial charge in [-0.15, -0.1) is 0 Å². The molecule has 1 N–H and O–H groups in total. The van der Waals surface area contributed by atoms with Crippen LogP contribution in [0.15, 0.2) is 48.5 Å². The molecular formula is C27H30N2O8. The summed E-state index contributed by atoms with van der Waals surface area (Å²) in [6, 6.07) is 12.5. The molecule has 196 valence electrons. The first-order valence-electron chi connectivity index (χ1n) is 12.1. The molecule has 0 spiro atoms. The highest BCUT2D eigenvalue weighted by Gasteiger charge is 2.36. The molecule has 1 fully saturated rings. The number of nitrogens with one attached hydrogen (secondary N) is 1. The maximum Gasteiger partial charge on any atom is 0.338 e. The van der Waals surface area contributed by atoms with Gasteiger partial charge in [-0.1, -0.05) is 13.8 Å². The van der Waals surface area contributed by atoms with Crippen LogP contribution in [0.5, 0.6) is 0 Å². The van der Waals surface area contributed by atoms with Gasteiger partial charge in [0, 0.05) is 24.3 Å². The van der Waals surface area contributed by atoms with Crippen LogP contribution in [0.2, 0.25) is 0 Å². The fourth-order valence-corrected chi connectivity index (χ4v) is 3.59. The number of amides is 2. The average Bonchev–Trinajstić information content (AvgIpc) is 3.31. The van der Waals surface area contributed by atoms with Crippen LogP contribution in [0, 0.1) is 5.92 Å². The number of hydrogen-bond acceptors (Lipinski definition) is 8. The van der Waals surface area contributed by atoms with Crippen LogP contribution < -0.4 is 10.2 Å². The Morgan fingerprint density at radius 2 is 1.38 bits per heavy atom. The van der Waals surface area contributed by atoms with Gasteiger partial charge in [0.05, 0.1) is 30.3 Å². The Balaban J connectivity index is 1.47. The number of hydrogen-bond donors (Lipinski definition) is 1. The van der Waals surface area contributed by atoms with Gasteiger partial charge < -0.3 is 24.4 Å². The number of carbonyl (C=O) groups excluding carboxylic acids is 5. The van der Waals surface area contributed by atoms with Crippen molar-refractivity contribution in [2.24, 2.45) is 5.92 Å². The molecule has 10 heteroatoms. The fraction of sp³-hybridized carbons (Fsp3) is 0.370. The molecule has 0 aliphatic carbocycles. The molecule has 2 aromatic carbocycles. The SMILES string of the molecule is CCCOC(=O)c1ccc(NC(=O)COC(=O)[C@@H]2CC(=O)N(c3ccc(C(=O)OCCC)cc3)C2)cc1. The zero-order chi connectivity index (χ0) is 26.8. The highest BCUT2D eigenvalue weighted by molar-refractivity contribution is 6.00. The molecule has 3 rings (SSSR count). The maximum absolute atomic E-state index is 12.5. The topological polar surface area (TPSA) is 128 Å². The summed E-state index contributed by atoms with van der Waals surface area (Å²) in [5, 5.41) is 2.58. The molecule has 0 saturated carbocycles. The molecule has 0 aromatic heterocycles. The van der Waals surface area contributed by atoms with Crippen molar-refractivity contribution < 1.29 is 38.2 Å². The minimum absolute atomic E-state index is 0.0453. The molecule has 37 heavy (non-hydrogen) atoms. The molecule has 0 bridgehead atoms. The Kier molecular flexibility index (Phi) is 9.76. The summed E-state index contributed by atoms with van der Waals surface area (Å²) in [6.45, 7) is 4.04. The predicted molar refractivity (Wildman–Crippen MR) is 134 cm³/mol. The van der Waals surface area contributed by atoms with E-state index in [0.717, 1.165) is 12.8 Å². The van der Waals surface area contributed by atoms with Gasteiger partial charge >= 0.3 is 17.9 Å². The van der Waals surface area contributed by atoms with E-state index in [1.807, 2.05) is 13.8 Å². The standard InChI is InChI=1S/C27H30N2O8/c1-3-13-35-25(32)18-5-9-21(10-6-18)28-23(30)17-37-27(34)20-15-24(31)29(16-20)22-11-7-19(8-12-22)26(33)36-14-4-2/h5-12,20H,3-4,13-17H2,1-2H3,(H,28,30)/t20-/m1/s1. The van der Waals surface area contributed by atoms with Crippen molar-refractivity contribution in [2.45, 2.75) is 33.1 Å². The summed E-state index contributed by atoms with van der Waals surface area (Å²) < 4.78 is 15.3. The third kappa shape index (κ3) is 7.63. The van der Waals surface area contributed by atoms with E-state index >= 15 is 0 Å². The predicted octanol–water partition coefficient (Wildman–Crippen LogP) is 3.36. The van der Waals surface area contributed by atoms with E-state index in [4.69, 9.17) is 14.2 Å². The first-order chi connectivity index (χ1) is 17.8. The minimum atomic E-state index is -0.720. The van der Waals surface area contributed by atoms with Crippen LogP contribution in [0.4, 0.5) is 11.4 Å². The lowest BCUT2D eigenvalue weighted by Gasteiger charge is -2.17. The Labute approximate surface area is 214 Å². The summed E-state index contributed by atoms with van der Waals surface area (Å²) in [4.78, 5) is 62.4. The van der Waals surface area contributed by atoms with Crippen LogP contribution in [0.3, 0.4) is 0 Å². The molecule has 1 aliphatic heterocycles. The lowest BCUT2D eigenvalue weighted by Crippen LogP contribution is -2.28. The quantitative estimate of drug-likeness (QED) is 0.360. The van der Waals surface area contributed by atoms with Gasteiger partial charge in [0.15, 0.2) is 6.61 Å². The van der Waals surface area contributed by atoms with E-state index in [1.54, 1.807) is 36.4 Å². The van der Waals surface area contributed by atoms with Crippen molar-refractivity contribution >= 4 is 41.1 Å². The zero-order valence-electron chi connectivity index (χ0n) is 20.9. The molecule has 2 aromatic rings. The summed E-state index contributed by atoms with van der Waals surface area (Å²) >= 11 is 0. The van der Waals surface area contributed by atoms with E-state index in [1.165, 1.54) is 17.0 Å². The van der Waals surface area contributed by atoms with Crippen molar-refractivity contribution in [3.63, 3.8) is 0 Å². The Bertz CT molecular complexity index is 1130. The first kappa shape index (κ1) is 27.4.